The fraction of sp³-hybridized carbons (Fsp3) is 0.846. The van der Waals surface area contributed by atoms with Crippen LogP contribution in [0.25, 0.3) is 0 Å². The first-order valence-electron chi connectivity index (χ1n) is 6.70. The molecule has 17 heavy (non-hydrogen) atoms. The molecule has 1 aromatic heterocycles. The molecule has 0 aromatic carbocycles. The Labute approximate surface area is 103 Å². The number of hydrogen-bond acceptors (Lipinski definition) is 4. The summed E-state index contributed by atoms with van der Waals surface area (Å²) in [5.74, 6) is 3.11. The van der Waals surface area contributed by atoms with Gasteiger partial charge in [0.25, 0.3) is 0 Å². The molecular formula is C13H23N3O. The van der Waals surface area contributed by atoms with Gasteiger partial charge in [0.2, 0.25) is 5.89 Å². The first-order valence-corrected chi connectivity index (χ1v) is 6.70. The molecule has 0 bridgehead atoms. The minimum absolute atomic E-state index is 0.139. The Bertz CT molecular complexity index is 361. The van der Waals surface area contributed by atoms with E-state index in [0.717, 1.165) is 11.7 Å². The predicted molar refractivity (Wildman–Crippen MR) is 66.4 cm³/mol. The summed E-state index contributed by atoms with van der Waals surface area (Å²) in [6, 6.07) is -0.139. The summed E-state index contributed by atoms with van der Waals surface area (Å²) in [5.41, 5.74) is 6.01. The molecule has 0 radical (unpaired) electrons. The van der Waals surface area contributed by atoms with E-state index in [9.17, 15) is 0 Å². The van der Waals surface area contributed by atoms with Crippen LogP contribution in [0.2, 0.25) is 0 Å². The maximum atomic E-state index is 6.01. The van der Waals surface area contributed by atoms with Crippen LogP contribution >= 0.6 is 0 Å². The van der Waals surface area contributed by atoms with Gasteiger partial charge >= 0.3 is 0 Å². The van der Waals surface area contributed by atoms with E-state index in [0.29, 0.717) is 17.7 Å². The summed E-state index contributed by atoms with van der Waals surface area (Å²) in [5, 5.41) is 4.10. The molecule has 1 aliphatic rings. The quantitative estimate of drug-likeness (QED) is 0.874. The summed E-state index contributed by atoms with van der Waals surface area (Å²) in [4.78, 5) is 4.48. The predicted octanol–water partition coefficient (Wildman–Crippen LogP) is 3.02. The van der Waals surface area contributed by atoms with Crippen LogP contribution in [0.15, 0.2) is 4.52 Å². The lowest BCUT2D eigenvalue weighted by Gasteiger charge is -2.09. The molecule has 1 aliphatic carbocycles. The van der Waals surface area contributed by atoms with Gasteiger partial charge in [-0.25, -0.2) is 0 Å². The van der Waals surface area contributed by atoms with Crippen LogP contribution in [-0.2, 0) is 0 Å². The molecule has 0 spiro atoms. The molecule has 0 amide bonds. The Hall–Kier alpha value is -0.900. The fourth-order valence-electron chi connectivity index (χ4n) is 2.51. The fourth-order valence-corrected chi connectivity index (χ4v) is 2.51. The number of nitrogens with zero attached hydrogens (tertiary/aromatic N) is 2. The second-order valence-electron chi connectivity index (χ2n) is 5.54. The van der Waals surface area contributed by atoms with Crippen LogP contribution in [0, 0.1) is 11.8 Å². The lowest BCUT2D eigenvalue weighted by atomic mass is 10.0. The Morgan fingerprint density at radius 2 is 2.18 bits per heavy atom. The highest BCUT2D eigenvalue weighted by Gasteiger charge is 2.29. The second kappa shape index (κ2) is 5.17. The zero-order valence-electron chi connectivity index (χ0n) is 11.0. The van der Waals surface area contributed by atoms with Crippen LogP contribution in [0.1, 0.15) is 70.1 Å². The molecule has 1 heterocycles. The van der Waals surface area contributed by atoms with E-state index in [1.54, 1.807) is 0 Å². The molecule has 96 valence electrons. The van der Waals surface area contributed by atoms with Gasteiger partial charge in [-0.3, -0.25) is 0 Å². The van der Waals surface area contributed by atoms with Gasteiger partial charge in [0.1, 0.15) is 0 Å². The average molecular weight is 237 g/mol. The number of aromatic nitrogens is 2. The van der Waals surface area contributed by atoms with Gasteiger partial charge < -0.3 is 10.3 Å². The highest BCUT2D eigenvalue weighted by molar-refractivity contribution is 5.01. The average Bonchev–Trinajstić information content (AvgIpc) is 2.96. The third-order valence-corrected chi connectivity index (χ3v) is 3.94. The topological polar surface area (TPSA) is 64.9 Å². The Morgan fingerprint density at radius 3 is 2.76 bits per heavy atom. The molecule has 2 rings (SSSR count). The molecule has 2 unspecified atom stereocenters. The molecule has 1 fully saturated rings. The number of rotatable bonds is 4. The van der Waals surface area contributed by atoms with Crippen LogP contribution in [-0.4, -0.2) is 10.1 Å². The molecule has 1 saturated carbocycles. The van der Waals surface area contributed by atoms with E-state index < -0.39 is 0 Å². The minimum Gasteiger partial charge on any atom is -0.338 e. The molecule has 1 aromatic rings. The first kappa shape index (κ1) is 12.6. The van der Waals surface area contributed by atoms with Crippen molar-refractivity contribution in [3.63, 3.8) is 0 Å². The third kappa shape index (κ3) is 2.68. The van der Waals surface area contributed by atoms with Crippen molar-refractivity contribution in [2.24, 2.45) is 17.6 Å². The van der Waals surface area contributed by atoms with Gasteiger partial charge in [-0.15, -0.1) is 0 Å². The highest BCUT2D eigenvalue weighted by Crippen LogP contribution is 2.38. The van der Waals surface area contributed by atoms with Gasteiger partial charge in [-0.05, 0) is 31.1 Å². The molecule has 4 nitrogen and oxygen atoms in total. The van der Waals surface area contributed by atoms with Gasteiger partial charge in [-0.2, -0.15) is 4.98 Å². The van der Waals surface area contributed by atoms with Crippen molar-refractivity contribution in [2.45, 2.75) is 58.4 Å². The Balaban J connectivity index is 2.04. The van der Waals surface area contributed by atoms with E-state index in [1.165, 1.54) is 25.7 Å². The highest BCUT2D eigenvalue weighted by atomic mass is 16.5. The smallest absolute Gasteiger partial charge is 0.243 e. The van der Waals surface area contributed by atoms with Crippen LogP contribution in [0.3, 0.4) is 0 Å². The molecule has 4 heteroatoms. The van der Waals surface area contributed by atoms with Crippen molar-refractivity contribution in [3.05, 3.63) is 11.7 Å². The third-order valence-electron chi connectivity index (χ3n) is 3.94. The SMILES string of the molecule is CCC1CCC(c2noc([C@H](N)C(C)C)n2)C1. The maximum Gasteiger partial charge on any atom is 0.243 e. The van der Waals surface area contributed by atoms with Crippen molar-refractivity contribution in [3.8, 4) is 0 Å². The normalized spacial score (nSPS) is 26.6. The summed E-state index contributed by atoms with van der Waals surface area (Å²) in [6.45, 7) is 6.39. The summed E-state index contributed by atoms with van der Waals surface area (Å²) in [6.07, 6.45) is 4.94. The maximum absolute atomic E-state index is 6.01. The Morgan fingerprint density at radius 1 is 1.41 bits per heavy atom. The Kier molecular flexibility index (Phi) is 3.82. The zero-order chi connectivity index (χ0) is 12.4. The number of hydrogen-bond donors (Lipinski definition) is 1. The zero-order valence-corrected chi connectivity index (χ0v) is 11.0. The largest absolute Gasteiger partial charge is 0.338 e. The molecule has 0 aliphatic heterocycles. The monoisotopic (exact) mass is 237 g/mol. The van der Waals surface area contributed by atoms with Crippen molar-refractivity contribution in [1.29, 1.82) is 0 Å². The van der Waals surface area contributed by atoms with Gasteiger partial charge in [0.15, 0.2) is 5.82 Å². The lowest BCUT2D eigenvalue weighted by molar-refractivity contribution is 0.320. The first-order chi connectivity index (χ1) is 8.11. The van der Waals surface area contributed by atoms with Crippen LogP contribution in [0.5, 0.6) is 0 Å². The number of nitrogens with two attached hydrogens (primary N) is 1. The summed E-state index contributed by atoms with van der Waals surface area (Å²) < 4.78 is 5.28. The van der Waals surface area contributed by atoms with Crippen LogP contribution < -0.4 is 5.73 Å². The lowest BCUT2D eigenvalue weighted by Crippen LogP contribution is -2.17. The standard InChI is InChI=1S/C13H23N3O/c1-4-9-5-6-10(7-9)12-15-13(17-16-12)11(14)8(2)3/h8-11H,4-7,14H2,1-3H3/t9?,10?,11-/m1/s1. The van der Waals surface area contributed by atoms with E-state index in [4.69, 9.17) is 10.3 Å². The molecule has 0 saturated heterocycles. The van der Waals surface area contributed by atoms with Crippen molar-refractivity contribution in [1.82, 2.24) is 10.1 Å². The van der Waals surface area contributed by atoms with Gasteiger partial charge in [0.05, 0.1) is 6.04 Å². The molecule has 2 N–H and O–H groups in total. The van der Waals surface area contributed by atoms with E-state index in [-0.39, 0.29) is 6.04 Å². The minimum atomic E-state index is -0.139. The summed E-state index contributed by atoms with van der Waals surface area (Å²) in [7, 11) is 0. The van der Waals surface area contributed by atoms with Crippen molar-refractivity contribution < 1.29 is 4.52 Å². The second-order valence-corrected chi connectivity index (χ2v) is 5.54. The van der Waals surface area contributed by atoms with E-state index in [2.05, 4.69) is 30.9 Å². The van der Waals surface area contributed by atoms with E-state index in [1.807, 2.05) is 0 Å². The van der Waals surface area contributed by atoms with Crippen molar-refractivity contribution in [2.75, 3.05) is 0 Å². The summed E-state index contributed by atoms with van der Waals surface area (Å²) >= 11 is 0. The van der Waals surface area contributed by atoms with Gasteiger partial charge in [-0.1, -0.05) is 32.3 Å². The molecule has 3 atom stereocenters. The molecular weight excluding hydrogens is 214 g/mol. The van der Waals surface area contributed by atoms with Gasteiger partial charge in [0, 0.05) is 5.92 Å². The van der Waals surface area contributed by atoms with Crippen LogP contribution in [0.4, 0.5) is 0 Å². The van der Waals surface area contributed by atoms with Crippen molar-refractivity contribution >= 4 is 0 Å². The van der Waals surface area contributed by atoms with E-state index >= 15 is 0 Å².